The number of rotatable bonds is 9. The molecule has 156 valence electrons. The third-order valence-electron chi connectivity index (χ3n) is 4.34. The van der Waals surface area contributed by atoms with Crippen molar-refractivity contribution in [3.63, 3.8) is 0 Å². The maximum Gasteiger partial charge on any atom is 0.191 e. The molecule has 28 heavy (non-hydrogen) atoms. The van der Waals surface area contributed by atoms with Gasteiger partial charge in [0.05, 0.1) is 18.8 Å². The first-order valence-electron chi connectivity index (χ1n) is 9.77. The van der Waals surface area contributed by atoms with E-state index in [4.69, 9.17) is 9.73 Å². The van der Waals surface area contributed by atoms with Crippen molar-refractivity contribution in [3.05, 3.63) is 47.3 Å². The Morgan fingerprint density at radius 2 is 2.07 bits per heavy atom. The van der Waals surface area contributed by atoms with Crippen molar-refractivity contribution in [3.8, 4) is 5.75 Å². The predicted octanol–water partition coefficient (Wildman–Crippen LogP) is 3.82. The second-order valence-electron chi connectivity index (χ2n) is 6.84. The Balaban J connectivity index is 0.00000392. The average molecular weight is 499 g/mol. The van der Waals surface area contributed by atoms with Gasteiger partial charge in [0.2, 0.25) is 0 Å². The monoisotopic (exact) mass is 499 g/mol. The van der Waals surface area contributed by atoms with E-state index in [0.29, 0.717) is 6.54 Å². The highest BCUT2D eigenvalue weighted by atomic mass is 127. The fourth-order valence-corrected chi connectivity index (χ4v) is 2.63. The van der Waals surface area contributed by atoms with Crippen LogP contribution in [0, 0.1) is 6.92 Å². The van der Waals surface area contributed by atoms with Crippen LogP contribution in [0.4, 0.5) is 0 Å². The number of aliphatic imine (C=N–C) groups is 1. The minimum atomic E-state index is 0. The molecule has 0 saturated heterocycles. The van der Waals surface area contributed by atoms with Crippen LogP contribution in [0.25, 0.3) is 0 Å². The van der Waals surface area contributed by atoms with Crippen LogP contribution in [-0.4, -0.2) is 34.9 Å². The summed E-state index contributed by atoms with van der Waals surface area (Å²) in [5.41, 5.74) is 3.51. The van der Waals surface area contributed by atoms with Crippen molar-refractivity contribution in [2.75, 3.05) is 13.1 Å². The molecular formula is C21H34IN5O. The summed E-state index contributed by atoms with van der Waals surface area (Å²) in [6.07, 6.45) is 6.02. The van der Waals surface area contributed by atoms with Gasteiger partial charge in [-0.15, -0.1) is 24.0 Å². The number of nitrogens with zero attached hydrogens (tertiary/aromatic N) is 3. The number of guanidine groups is 1. The lowest BCUT2D eigenvalue weighted by Crippen LogP contribution is -2.38. The van der Waals surface area contributed by atoms with E-state index in [1.807, 2.05) is 24.1 Å². The normalized spacial score (nSPS) is 12.2. The molecule has 0 bridgehead atoms. The Morgan fingerprint density at radius 1 is 1.29 bits per heavy atom. The van der Waals surface area contributed by atoms with E-state index < -0.39 is 0 Å². The zero-order valence-electron chi connectivity index (χ0n) is 17.7. The van der Waals surface area contributed by atoms with Crippen LogP contribution < -0.4 is 15.4 Å². The molecule has 1 heterocycles. The van der Waals surface area contributed by atoms with Gasteiger partial charge in [-0.05, 0) is 50.8 Å². The van der Waals surface area contributed by atoms with E-state index >= 15 is 0 Å². The first-order valence-corrected chi connectivity index (χ1v) is 9.77. The van der Waals surface area contributed by atoms with Crippen molar-refractivity contribution in [2.45, 2.75) is 53.2 Å². The van der Waals surface area contributed by atoms with Crippen LogP contribution in [0.1, 0.15) is 43.9 Å². The van der Waals surface area contributed by atoms with Crippen LogP contribution in [-0.2, 0) is 20.0 Å². The highest BCUT2D eigenvalue weighted by Crippen LogP contribution is 2.23. The highest BCUT2D eigenvalue weighted by Gasteiger charge is 2.08. The summed E-state index contributed by atoms with van der Waals surface area (Å²) in [5, 5.41) is 10.9. The van der Waals surface area contributed by atoms with Crippen molar-refractivity contribution in [1.82, 2.24) is 20.4 Å². The Kier molecular flexibility index (Phi) is 11.0. The van der Waals surface area contributed by atoms with Gasteiger partial charge in [-0.2, -0.15) is 5.10 Å². The van der Waals surface area contributed by atoms with Gasteiger partial charge in [-0.25, -0.2) is 4.99 Å². The van der Waals surface area contributed by atoms with E-state index in [1.54, 1.807) is 0 Å². The Labute approximate surface area is 186 Å². The minimum absolute atomic E-state index is 0. The van der Waals surface area contributed by atoms with Crippen LogP contribution in [0.3, 0.4) is 0 Å². The maximum absolute atomic E-state index is 6.09. The number of ether oxygens (including phenoxy) is 1. The van der Waals surface area contributed by atoms with Crippen LogP contribution in [0.15, 0.2) is 35.6 Å². The molecule has 0 fully saturated rings. The van der Waals surface area contributed by atoms with Crippen molar-refractivity contribution < 1.29 is 4.74 Å². The average Bonchev–Trinajstić information content (AvgIpc) is 3.06. The first kappa shape index (κ1) is 24.3. The third kappa shape index (κ3) is 8.08. The minimum Gasteiger partial charge on any atom is -0.490 e. The molecule has 0 amide bonds. The molecule has 1 atom stereocenters. The van der Waals surface area contributed by atoms with E-state index in [9.17, 15) is 0 Å². The molecule has 0 aliphatic carbocycles. The molecule has 1 aromatic carbocycles. The van der Waals surface area contributed by atoms with E-state index in [-0.39, 0.29) is 30.1 Å². The van der Waals surface area contributed by atoms with Gasteiger partial charge in [0.15, 0.2) is 5.96 Å². The standard InChI is InChI=1S/C21H33N5O.HI/c1-6-17(4)27-20-12-16(3)8-9-19(20)14-24-21(22-7-2)23-11-10-18-13-25-26(5)15-18;/h8-9,12-13,15,17H,6-7,10-11,14H2,1-5H3,(H2,22,23,24);1H. The second-order valence-corrected chi connectivity index (χ2v) is 6.84. The quantitative estimate of drug-likeness (QED) is 0.313. The molecule has 0 radical (unpaired) electrons. The fraction of sp³-hybridized carbons (Fsp3) is 0.524. The number of hydrogen-bond acceptors (Lipinski definition) is 3. The number of nitrogens with one attached hydrogen (secondary N) is 2. The topological polar surface area (TPSA) is 63.5 Å². The Morgan fingerprint density at radius 3 is 2.71 bits per heavy atom. The molecule has 0 aliphatic rings. The number of benzene rings is 1. The summed E-state index contributed by atoms with van der Waals surface area (Å²) in [7, 11) is 1.93. The van der Waals surface area contributed by atoms with E-state index in [0.717, 1.165) is 43.2 Å². The van der Waals surface area contributed by atoms with E-state index in [2.05, 4.69) is 61.6 Å². The van der Waals surface area contributed by atoms with Gasteiger partial charge in [0.25, 0.3) is 0 Å². The summed E-state index contributed by atoms with van der Waals surface area (Å²) in [6.45, 7) is 10.6. The predicted molar refractivity (Wildman–Crippen MR) is 127 cm³/mol. The molecule has 0 aliphatic heterocycles. The van der Waals surface area contributed by atoms with Crippen LogP contribution >= 0.6 is 24.0 Å². The van der Waals surface area contributed by atoms with Gasteiger partial charge in [0.1, 0.15) is 5.75 Å². The zero-order chi connectivity index (χ0) is 19.6. The van der Waals surface area contributed by atoms with Crippen LogP contribution in [0.5, 0.6) is 5.75 Å². The van der Waals surface area contributed by atoms with E-state index in [1.165, 1.54) is 11.1 Å². The summed E-state index contributed by atoms with van der Waals surface area (Å²) < 4.78 is 7.91. The molecule has 2 N–H and O–H groups in total. The molecular weight excluding hydrogens is 465 g/mol. The van der Waals surface area contributed by atoms with Gasteiger partial charge in [0, 0.05) is 31.9 Å². The Bertz CT molecular complexity index is 744. The summed E-state index contributed by atoms with van der Waals surface area (Å²) in [5.74, 6) is 1.75. The van der Waals surface area contributed by atoms with Gasteiger partial charge in [-0.1, -0.05) is 19.1 Å². The first-order chi connectivity index (χ1) is 13.0. The second kappa shape index (κ2) is 12.6. The number of aryl methyl sites for hydroxylation is 2. The van der Waals surface area contributed by atoms with Gasteiger partial charge < -0.3 is 15.4 Å². The SMILES string of the molecule is CCNC(=NCc1ccc(C)cc1OC(C)CC)NCCc1cnn(C)c1.I. The summed E-state index contributed by atoms with van der Waals surface area (Å²) >= 11 is 0. The third-order valence-corrected chi connectivity index (χ3v) is 4.34. The number of aromatic nitrogens is 2. The van der Waals surface area contributed by atoms with Crippen LogP contribution in [0.2, 0.25) is 0 Å². The molecule has 2 aromatic rings. The molecule has 1 unspecified atom stereocenters. The van der Waals surface area contributed by atoms with Gasteiger partial charge >= 0.3 is 0 Å². The number of hydrogen-bond donors (Lipinski definition) is 2. The molecule has 0 spiro atoms. The maximum atomic E-state index is 6.09. The summed E-state index contributed by atoms with van der Waals surface area (Å²) in [6, 6.07) is 6.31. The highest BCUT2D eigenvalue weighted by molar-refractivity contribution is 14.0. The lowest BCUT2D eigenvalue weighted by atomic mass is 10.1. The lowest BCUT2D eigenvalue weighted by Gasteiger charge is -2.17. The fourth-order valence-electron chi connectivity index (χ4n) is 2.63. The number of halogens is 1. The smallest absolute Gasteiger partial charge is 0.191 e. The molecule has 7 heteroatoms. The molecule has 0 saturated carbocycles. The molecule has 6 nitrogen and oxygen atoms in total. The Hall–Kier alpha value is -1.77. The largest absolute Gasteiger partial charge is 0.490 e. The van der Waals surface area contributed by atoms with Crippen molar-refractivity contribution >= 4 is 29.9 Å². The molecule has 1 aromatic heterocycles. The molecule has 2 rings (SSSR count). The van der Waals surface area contributed by atoms with Crippen molar-refractivity contribution in [2.24, 2.45) is 12.0 Å². The summed E-state index contributed by atoms with van der Waals surface area (Å²) in [4.78, 5) is 4.74. The van der Waals surface area contributed by atoms with Crippen molar-refractivity contribution in [1.29, 1.82) is 0 Å². The zero-order valence-corrected chi connectivity index (χ0v) is 20.0. The lowest BCUT2D eigenvalue weighted by molar-refractivity contribution is 0.215. The van der Waals surface area contributed by atoms with Gasteiger partial charge in [-0.3, -0.25) is 4.68 Å².